The summed E-state index contributed by atoms with van der Waals surface area (Å²) >= 11 is 1.64. The molecule has 1 aliphatic heterocycles. The zero-order valence-corrected chi connectivity index (χ0v) is 11.3. The third kappa shape index (κ3) is 5.44. The molecule has 0 aromatic heterocycles. The molecule has 17 heavy (non-hydrogen) atoms. The van der Waals surface area contributed by atoms with Gasteiger partial charge in [0, 0.05) is 19.5 Å². The first-order valence-electron chi connectivity index (χ1n) is 6.10. The first-order valence-corrected chi connectivity index (χ1v) is 7.15. The first-order chi connectivity index (χ1) is 7.99. The highest BCUT2D eigenvalue weighted by Crippen LogP contribution is 2.21. The van der Waals surface area contributed by atoms with Crippen molar-refractivity contribution in [1.82, 2.24) is 4.90 Å². The second kappa shape index (κ2) is 6.89. The molecule has 1 atom stereocenters. The van der Waals surface area contributed by atoms with E-state index in [9.17, 15) is 9.59 Å². The van der Waals surface area contributed by atoms with Crippen molar-refractivity contribution in [3.05, 3.63) is 0 Å². The van der Waals surface area contributed by atoms with Gasteiger partial charge in [-0.15, -0.1) is 11.8 Å². The smallest absolute Gasteiger partial charge is 0.303 e. The van der Waals surface area contributed by atoms with Gasteiger partial charge in [0.25, 0.3) is 0 Å². The van der Waals surface area contributed by atoms with Gasteiger partial charge in [-0.2, -0.15) is 0 Å². The van der Waals surface area contributed by atoms with E-state index in [0.717, 1.165) is 19.4 Å². The van der Waals surface area contributed by atoms with E-state index in [1.54, 1.807) is 11.8 Å². The van der Waals surface area contributed by atoms with Crippen LogP contribution in [0.2, 0.25) is 0 Å². The zero-order chi connectivity index (χ0) is 12.8. The van der Waals surface area contributed by atoms with Crippen molar-refractivity contribution in [1.29, 1.82) is 0 Å². The highest BCUT2D eigenvalue weighted by Gasteiger charge is 2.25. The average Bonchev–Trinajstić information content (AvgIpc) is 2.25. The summed E-state index contributed by atoms with van der Waals surface area (Å²) in [5.74, 6) is 0.0335. The molecule has 1 aliphatic rings. The second-order valence-corrected chi connectivity index (χ2v) is 6.37. The second-order valence-electron chi connectivity index (χ2n) is 4.81. The Morgan fingerprint density at radius 2 is 2.18 bits per heavy atom. The van der Waals surface area contributed by atoms with Crippen molar-refractivity contribution in [2.45, 2.75) is 38.4 Å². The predicted octanol–water partition coefficient (Wildman–Crippen LogP) is 1.84. The number of carboxylic acids is 1. The normalized spacial score (nSPS) is 20.6. The molecule has 0 bridgehead atoms. The average molecular weight is 259 g/mol. The first kappa shape index (κ1) is 14.4. The lowest BCUT2D eigenvalue weighted by Gasteiger charge is -2.32. The summed E-state index contributed by atoms with van der Waals surface area (Å²) in [4.78, 5) is 24.4. The zero-order valence-electron chi connectivity index (χ0n) is 10.5. The molecule has 1 fully saturated rings. The maximum absolute atomic E-state index is 11.9. The summed E-state index contributed by atoms with van der Waals surface area (Å²) in [6.45, 7) is 5.54. The van der Waals surface area contributed by atoms with Crippen molar-refractivity contribution in [2.75, 3.05) is 18.8 Å². The van der Waals surface area contributed by atoms with E-state index >= 15 is 0 Å². The Balaban J connectivity index is 2.37. The highest BCUT2D eigenvalue weighted by atomic mass is 32.2. The van der Waals surface area contributed by atoms with Crippen molar-refractivity contribution in [3.63, 3.8) is 0 Å². The molecule has 0 aromatic carbocycles. The minimum atomic E-state index is -0.763. The van der Waals surface area contributed by atoms with E-state index in [4.69, 9.17) is 5.11 Å². The van der Waals surface area contributed by atoms with E-state index in [2.05, 4.69) is 13.8 Å². The molecule has 1 heterocycles. The van der Waals surface area contributed by atoms with Crippen LogP contribution >= 0.6 is 11.8 Å². The molecule has 0 spiro atoms. The monoisotopic (exact) mass is 259 g/mol. The Hall–Kier alpha value is -0.710. The maximum atomic E-state index is 11.9. The molecule has 1 N–H and O–H groups in total. The number of nitrogens with zero attached hydrogens (tertiary/aromatic N) is 1. The fourth-order valence-electron chi connectivity index (χ4n) is 2.03. The number of amides is 1. The minimum absolute atomic E-state index is 0.134. The quantitative estimate of drug-likeness (QED) is 0.818. The number of carbonyl (C=O) groups is 2. The minimum Gasteiger partial charge on any atom is -0.481 e. The largest absolute Gasteiger partial charge is 0.481 e. The fourth-order valence-corrected chi connectivity index (χ4v) is 2.69. The van der Waals surface area contributed by atoms with E-state index in [1.807, 2.05) is 4.90 Å². The molecule has 0 saturated carbocycles. The van der Waals surface area contributed by atoms with Gasteiger partial charge < -0.3 is 10.0 Å². The van der Waals surface area contributed by atoms with Crippen LogP contribution in [0, 0.1) is 5.92 Å². The number of thioether (sulfide) groups is 1. The number of hydrogen-bond acceptors (Lipinski definition) is 3. The highest BCUT2D eigenvalue weighted by molar-refractivity contribution is 8.00. The van der Waals surface area contributed by atoms with E-state index in [1.165, 1.54) is 0 Å². The summed E-state index contributed by atoms with van der Waals surface area (Å²) in [7, 11) is 0. The van der Waals surface area contributed by atoms with Gasteiger partial charge in [-0.1, -0.05) is 13.8 Å². The molecule has 98 valence electrons. The molecule has 0 radical (unpaired) electrons. The molecule has 4 nitrogen and oxygen atoms in total. The summed E-state index contributed by atoms with van der Waals surface area (Å²) in [6.07, 6.45) is 2.03. The Kier molecular flexibility index (Phi) is 5.82. The van der Waals surface area contributed by atoms with Gasteiger partial charge in [-0.3, -0.25) is 9.59 Å². The van der Waals surface area contributed by atoms with Crippen molar-refractivity contribution < 1.29 is 14.7 Å². The number of piperidine rings is 1. The number of hydrogen-bond donors (Lipinski definition) is 1. The summed E-state index contributed by atoms with van der Waals surface area (Å²) in [5, 5.41) is 9.22. The third-order valence-corrected chi connectivity index (χ3v) is 3.96. The van der Waals surface area contributed by atoms with Crippen LogP contribution in [0.3, 0.4) is 0 Å². The Labute approximate surface area is 107 Å². The van der Waals surface area contributed by atoms with Crippen molar-refractivity contribution in [2.24, 2.45) is 5.92 Å². The molecule has 1 rings (SSSR count). The van der Waals surface area contributed by atoms with Gasteiger partial charge in [0.05, 0.1) is 5.75 Å². The van der Waals surface area contributed by atoms with Crippen LogP contribution in [0.4, 0.5) is 0 Å². The van der Waals surface area contributed by atoms with Crippen molar-refractivity contribution >= 4 is 23.6 Å². The predicted molar refractivity (Wildman–Crippen MR) is 69.2 cm³/mol. The fraction of sp³-hybridized carbons (Fsp3) is 0.833. The summed E-state index contributed by atoms with van der Waals surface area (Å²) < 4.78 is 0. The van der Waals surface area contributed by atoms with Crippen LogP contribution in [-0.2, 0) is 9.59 Å². The molecule has 1 saturated heterocycles. The topological polar surface area (TPSA) is 57.6 Å². The van der Waals surface area contributed by atoms with Gasteiger partial charge in [0.1, 0.15) is 0 Å². The van der Waals surface area contributed by atoms with Gasteiger partial charge in [0.15, 0.2) is 0 Å². The number of rotatable bonds is 5. The molecule has 1 amide bonds. The molecular formula is C12H21NO3S. The summed E-state index contributed by atoms with van der Waals surface area (Å²) in [6, 6.07) is 0. The Morgan fingerprint density at radius 1 is 1.47 bits per heavy atom. The third-order valence-electron chi connectivity index (χ3n) is 2.88. The summed E-state index contributed by atoms with van der Waals surface area (Å²) in [5.41, 5.74) is 0. The van der Waals surface area contributed by atoms with E-state index in [-0.39, 0.29) is 18.2 Å². The standard InChI is InChI=1S/C12H21NO3S/c1-9(2)17-8-11(14)13-5-3-4-10(7-13)6-12(15)16/h9-10H,3-8H2,1-2H3,(H,15,16). The molecule has 5 heteroatoms. The molecule has 1 unspecified atom stereocenters. The Morgan fingerprint density at radius 3 is 2.76 bits per heavy atom. The molecule has 0 aromatic rings. The van der Waals surface area contributed by atoms with Crippen LogP contribution in [0.5, 0.6) is 0 Å². The van der Waals surface area contributed by atoms with Crippen LogP contribution in [0.1, 0.15) is 33.1 Å². The SMILES string of the molecule is CC(C)SCC(=O)N1CCCC(CC(=O)O)C1. The Bertz CT molecular complexity index is 281. The molecule has 0 aliphatic carbocycles. The number of carboxylic acid groups (broad SMARTS) is 1. The van der Waals surface area contributed by atoms with Gasteiger partial charge in [-0.25, -0.2) is 0 Å². The van der Waals surface area contributed by atoms with Crippen LogP contribution in [0.25, 0.3) is 0 Å². The van der Waals surface area contributed by atoms with E-state index < -0.39 is 5.97 Å². The lowest BCUT2D eigenvalue weighted by atomic mass is 9.95. The van der Waals surface area contributed by atoms with E-state index in [0.29, 0.717) is 17.5 Å². The van der Waals surface area contributed by atoms with Crippen LogP contribution < -0.4 is 0 Å². The number of aliphatic carboxylic acids is 1. The van der Waals surface area contributed by atoms with Crippen molar-refractivity contribution in [3.8, 4) is 0 Å². The molecular weight excluding hydrogens is 238 g/mol. The maximum Gasteiger partial charge on any atom is 0.303 e. The van der Waals surface area contributed by atoms with Gasteiger partial charge >= 0.3 is 5.97 Å². The van der Waals surface area contributed by atoms with Gasteiger partial charge in [0.2, 0.25) is 5.91 Å². The van der Waals surface area contributed by atoms with Crippen LogP contribution in [0.15, 0.2) is 0 Å². The van der Waals surface area contributed by atoms with Gasteiger partial charge in [-0.05, 0) is 24.0 Å². The number of carbonyl (C=O) groups excluding carboxylic acids is 1. The number of likely N-dealkylation sites (tertiary alicyclic amines) is 1. The van der Waals surface area contributed by atoms with Crippen LogP contribution in [-0.4, -0.2) is 46.0 Å². The lowest BCUT2D eigenvalue weighted by Crippen LogP contribution is -2.41. The lowest BCUT2D eigenvalue weighted by molar-refractivity contribution is -0.140.